The molecule has 3 rings (SSSR count). The number of fused-ring (bicyclic) bond motifs is 1. The lowest BCUT2D eigenvalue weighted by Gasteiger charge is -2.15. The number of likely N-dealkylation sites (tertiary alicyclic amines) is 1. The summed E-state index contributed by atoms with van der Waals surface area (Å²) < 4.78 is 1.69. The Morgan fingerprint density at radius 3 is 2.68 bits per heavy atom. The van der Waals surface area contributed by atoms with Crippen LogP contribution >= 0.6 is 0 Å². The highest BCUT2D eigenvalue weighted by molar-refractivity contribution is 6.01. The molecule has 3 heterocycles. The fourth-order valence-electron chi connectivity index (χ4n) is 3.01. The highest BCUT2D eigenvalue weighted by Gasteiger charge is 2.32. The van der Waals surface area contributed by atoms with Gasteiger partial charge in [0.05, 0.1) is 11.6 Å². The highest BCUT2D eigenvalue weighted by Crippen LogP contribution is 2.22. The summed E-state index contributed by atoms with van der Waals surface area (Å²) in [7, 11) is 0. The number of aryl methyl sites for hydroxylation is 3. The molecule has 22 heavy (non-hydrogen) atoms. The van der Waals surface area contributed by atoms with Crippen molar-refractivity contribution in [3.63, 3.8) is 0 Å². The lowest BCUT2D eigenvalue weighted by atomic mass is 10.1. The Morgan fingerprint density at radius 2 is 2.05 bits per heavy atom. The molecule has 1 aliphatic rings. The van der Waals surface area contributed by atoms with Crippen molar-refractivity contribution in [2.75, 3.05) is 13.1 Å². The predicted octanol–water partition coefficient (Wildman–Crippen LogP) is 0.602. The predicted molar refractivity (Wildman–Crippen MR) is 80.4 cm³/mol. The van der Waals surface area contributed by atoms with Gasteiger partial charge in [0.15, 0.2) is 5.65 Å². The van der Waals surface area contributed by atoms with E-state index >= 15 is 0 Å². The Bertz CT molecular complexity index is 780. The van der Waals surface area contributed by atoms with Gasteiger partial charge in [-0.25, -0.2) is 9.50 Å². The second kappa shape index (κ2) is 5.08. The lowest BCUT2D eigenvalue weighted by molar-refractivity contribution is -0.121. The zero-order valence-corrected chi connectivity index (χ0v) is 13.0. The standard InChI is InChI=1S/C15H19N5O2/c1-8-6-9(2)20-14(17-8)12(10(3)18-20)15(22)19-5-4-11(7-19)13(16)21/h6,11H,4-5,7H2,1-3H3,(H2,16,21). The topological polar surface area (TPSA) is 93.6 Å². The van der Waals surface area contributed by atoms with Crippen molar-refractivity contribution >= 4 is 17.5 Å². The Balaban J connectivity index is 2.01. The SMILES string of the molecule is Cc1cc(C)n2nc(C)c(C(=O)N3CCC(C(N)=O)C3)c2n1. The molecule has 0 radical (unpaired) electrons. The van der Waals surface area contributed by atoms with Crippen molar-refractivity contribution in [3.8, 4) is 0 Å². The molecule has 116 valence electrons. The number of carbonyl (C=O) groups excluding carboxylic acids is 2. The Kier molecular flexibility index (Phi) is 3.35. The van der Waals surface area contributed by atoms with Gasteiger partial charge in [-0.15, -0.1) is 0 Å². The first-order valence-corrected chi connectivity index (χ1v) is 7.30. The third-order valence-corrected chi connectivity index (χ3v) is 4.16. The minimum atomic E-state index is -0.350. The van der Waals surface area contributed by atoms with Crippen LogP contribution in [0.25, 0.3) is 5.65 Å². The molecule has 1 saturated heterocycles. The van der Waals surface area contributed by atoms with Crippen molar-refractivity contribution in [1.29, 1.82) is 0 Å². The van der Waals surface area contributed by atoms with Crippen LogP contribution in [0.3, 0.4) is 0 Å². The van der Waals surface area contributed by atoms with Gasteiger partial charge in [0, 0.05) is 24.5 Å². The fraction of sp³-hybridized carbons (Fsp3) is 0.467. The van der Waals surface area contributed by atoms with Crippen molar-refractivity contribution in [1.82, 2.24) is 19.5 Å². The van der Waals surface area contributed by atoms with Crippen molar-refractivity contribution in [2.45, 2.75) is 27.2 Å². The highest BCUT2D eigenvalue weighted by atomic mass is 16.2. The van der Waals surface area contributed by atoms with E-state index in [2.05, 4.69) is 10.1 Å². The molecule has 0 spiro atoms. The van der Waals surface area contributed by atoms with Gasteiger partial charge in [-0.2, -0.15) is 5.10 Å². The first kappa shape index (κ1) is 14.5. The molecule has 0 aliphatic carbocycles. The molecular formula is C15H19N5O2. The number of primary amides is 1. The molecule has 1 unspecified atom stereocenters. The molecule has 2 amide bonds. The summed E-state index contributed by atoms with van der Waals surface area (Å²) in [4.78, 5) is 30.2. The largest absolute Gasteiger partial charge is 0.369 e. The van der Waals surface area contributed by atoms with E-state index < -0.39 is 0 Å². The number of rotatable bonds is 2. The molecule has 2 aromatic rings. The van der Waals surface area contributed by atoms with Gasteiger partial charge in [-0.1, -0.05) is 0 Å². The molecular weight excluding hydrogens is 282 g/mol. The summed E-state index contributed by atoms with van der Waals surface area (Å²) in [5.74, 6) is -0.743. The van der Waals surface area contributed by atoms with E-state index in [1.807, 2.05) is 19.9 Å². The molecule has 0 aromatic carbocycles. The van der Waals surface area contributed by atoms with Crippen LogP contribution in [0.5, 0.6) is 0 Å². The zero-order valence-electron chi connectivity index (χ0n) is 13.0. The van der Waals surface area contributed by atoms with Crippen LogP contribution in [0.1, 0.15) is 33.9 Å². The zero-order chi connectivity index (χ0) is 16.0. The molecule has 2 aromatic heterocycles. The second-order valence-corrected chi connectivity index (χ2v) is 5.87. The summed E-state index contributed by atoms with van der Waals surface area (Å²) in [6.07, 6.45) is 0.616. The van der Waals surface area contributed by atoms with Gasteiger partial charge in [-0.3, -0.25) is 9.59 Å². The third kappa shape index (κ3) is 2.22. The van der Waals surface area contributed by atoms with Crippen LogP contribution in [0, 0.1) is 26.7 Å². The number of nitrogens with zero attached hydrogens (tertiary/aromatic N) is 4. The molecule has 0 bridgehead atoms. The van der Waals surface area contributed by atoms with Gasteiger partial charge >= 0.3 is 0 Å². The van der Waals surface area contributed by atoms with Gasteiger partial charge < -0.3 is 10.6 Å². The number of hydrogen-bond donors (Lipinski definition) is 1. The Morgan fingerprint density at radius 1 is 1.32 bits per heavy atom. The van der Waals surface area contributed by atoms with Crippen LogP contribution in [0.15, 0.2) is 6.07 Å². The quantitative estimate of drug-likeness (QED) is 0.879. The first-order valence-electron chi connectivity index (χ1n) is 7.30. The molecule has 0 saturated carbocycles. The number of aromatic nitrogens is 3. The Labute approximate surface area is 128 Å². The van der Waals surface area contributed by atoms with Crippen molar-refractivity contribution in [2.24, 2.45) is 11.7 Å². The van der Waals surface area contributed by atoms with Gasteiger partial charge in [0.1, 0.15) is 5.56 Å². The molecule has 7 heteroatoms. The maximum absolute atomic E-state index is 12.8. The monoisotopic (exact) mass is 301 g/mol. The average molecular weight is 301 g/mol. The third-order valence-electron chi connectivity index (χ3n) is 4.16. The van der Waals surface area contributed by atoms with Crippen molar-refractivity contribution < 1.29 is 9.59 Å². The van der Waals surface area contributed by atoms with Crippen LogP contribution in [0.4, 0.5) is 0 Å². The maximum Gasteiger partial charge on any atom is 0.259 e. The summed E-state index contributed by atoms with van der Waals surface area (Å²) >= 11 is 0. The van der Waals surface area contributed by atoms with E-state index in [0.717, 1.165) is 11.4 Å². The number of nitrogens with two attached hydrogens (primary N) is 1. The van der Waals surface area contributed by atoms with E-state index in [1.165, 1.54) is 0 Å². The lowest BCUT2D eigenvalue weighted by Crippen LogP contribution is -2.32. The van der Waals surface area contributed by atoms with Gasteiger partial charge in [-0.05, 0) is 33.3 Å². The smallest absolute Gasteiger partial charge is 0.259 e. The van der Waals surface area contributed by atoms with Crippen molar-refractivity contribution in [3.05, 3.63) is 28.7 Å². The van der Waals surface area contributed by atoms with E-state index in [-0.39, 0.29) is 17.7 Å². The summed E-state index contributed by atoms with van der Waals surface area (Å²) in [5.41, 5.74) is 8.84. The van der Waals surface area contributed by atoms with Crippen LogP contribution in [-0.4, -0.2) is 44.4 Å². The molecule has 7 nitrogen and oxygen atoms in total. The second-order valence-electron chi connectivity index (χ2n) is 5.87. The normalized spacial score (nSPS) is 18.1. The van der Waals surface area contributed by atoms with E-state index in [0.29, 0.717) is 36.4 Å². The van der Waals surface area contributed by atoms with Crippen LogP contribution in [0.2, 0.25) is 0 Å². The van der Waals surface area contributed by atoms with E-state index in [4.69, 9.17) is 5.73 Å². The van der Waals surface area contributed by atoms with Gasteiger partial charge in [0.25, 0.3) is 5.91 Å². The summed E-state index contributed by atoms with van der Waals surface area (Å²) in [6, 6.07) is 1.92. The minimum Gasteiger partial charge on any atom is -0.369 e. The summed E-state index contributed by atoms with van der Waals surface area (Å²) in [5, 5.41) is 4.42. The number of carbonyl (C=O) groups is 2. The number of amides is 2. The van der Waals surface area contributed by atoms with E-state index in [9.17, 15) is 9.59 Å². The molecule has 1 aliphatic heterocycles. The molecule has 1 atom stereocenters. The Hall–Kier alpha value is -2.44. The van der Waals surface area contributed by atoms with E-state index in [1.54, 1.807) is 16.3 Å². The van der Waals surface area contributed by atoms with Gasteiger partial charge in [0.2, 0.25) is 5.91 Å². The van der Waals surface area contributed by atoms with Crippen LogP contribution in [-0.2, 0) is 4.79 Å². The first-order chi connectivity index (χ1) is 10.4. The minimum absolute atomic E-state index is 0.131. The molecule has 2 N–H and O–H groups in total. The maximum atomic E-state index is 12.8. The summed E-state index contributed by atoms with van der Waals surface area (Å²) in [6.45, 7) is 6.53. The average Bonchev–Trinajstić information content (AvgIpc) is 3.03. The van der Waals surface area contributed by atoms with Crippen LogP contribution < -0.4 is 5.73 Å². The fourth-order valence-corrected chi connectivity index (χ4v) is 3.01. The molecule has 1 fully saturated rings. The number of hydrogen-bond acceptors (Lipinski definition) is 4.